The molecule has 0 aliphatic heterocycles. The molecule has 0 heterocycles. The molecule has 0 saturated heterocycles. The molecule has 40 heavy (non-hydrogen) atoms. The van der Waals surface area contributed by atoms with E-state index in [4.69, 9.17) is 14.6 Å². The highest BCUT2D eigenvalue weighted by Gasteiger charge is 2.31. The molecule has 0 spiro atoms. The van der Waals surface area contributed by atoms with Crippen molar-refractivity contribution in [2.75, 3.05) is 32.8 Å². The van der Waals surface area contributed by atoms with Crippen LogP contribution in [0.4, 0.5) is 18.0 Å². The van der Waals surface area contributed by atoms with Gasteiger partial charge >= 0.3 is 6.09 Å². The highest BCUT2D eigenvalue weighted by Crippen LogP contribution is 2.28. The summed E-state index contributed by atoms with van der Waals surface area (Å²) in [6.07, 6.45) is 6.58. The second kappa shape index (κ2) is 17.3. The van der Waals surface area contributed by atoms with E-state index in [1.807, 2.05) is 30.3 Å². The summed E-state index contributed by atoms with van der Waals surface area (Å²) in [5.41, 5.74) is 0.729. The maximum atomic E-state index is 14.5. The summed E-state index contributed by atoms with van der Waals surface area (Å²) >= 11 is 0. The zero-order valence-electron chi connectivity index (χ0n) is 23.5. The van der Waals surface area contributed by atoms with Gasteiger partial charge in [-0.25, -0.2) is 18.0 Å². The molecular weight excluding hydrogens is 521 g/mol. The van der Waals surface area contributed by atoms with Crippen LogP contribution in [0.15, 0.2) is 42.5 Å². The molecule has 1 N–H and O–H groups in total. The predicted octanol–water partition coefficient (Wildman–Crippen LogP) is 6.45. The average Bonchev–Trinajstić information content (AvgIpc) is 2.97. The van der Waals surface area contributed by atoms with E-state index >= 15 is 0 Å². The van der Waals surface area contributed by atoms with Gasteiger partial charge in [0.25, 0.3) is 0 Å². The Morgan fingerprint density at radius 2 is 1.62 bits per heavy atom. The number of benzene rings is 2. The van der Waals surface area contributed by atoms with E-state index < -0.39 is 23.5 Å². The number of aliphatic hydroxyl groups excluding tert-OH is 1. The van der Waals surface area contributed by atoms with Gasteiger partial charge in [0, 0.05) is 30.8 Å². The third-order valence-electron chi connectivity index (χ3n) is 7.54. The summed E-state index contributed by atoms with van der Waals surface area (Å²) in [7, 11) is 0. The SMILES string of the molecule is CCN(CCO)CCCCCCO[C@H]1CC[C@H](N(Cc2cc(F)c(F)cc2F)C(=O)OCc2ccccc2)CC1. The number of carbonyl (C=O) groups is 1. The first-order valence-electron chi connectivity index (χ1n) is 14.5. The number of likely N-dealkylation sites (N-methyl/N-ethyl adjacent to an activating group) is 1. The smallest absolute Gasteiger partial charge is 0.410 e. The van der Waals surface area contributed by atoms with E-state index in [0.29, 0.717) is 25.5 Å². The molecule has 0 bridgehead atoms. The molecule has 0 unspecified atom stereocenters. The first-order valence-corrected chi connectivity index (χ1v) is 14.5. The quantitative estimate of drug-likeness (QED) is 0.188. The normalized spacial score (nSPS) is 17.2. The van der Waals surface area contributed by atoms with Crippen LogP contribution in [0.3, 0.4) is 0 Å². The first kappa shape index (κ1) is 31.9. The maximum absolute atomic E-state index is 14.5. The van der Waals surface area contributed by atoms with E-state index in [9.17, 15) is 18.0 Å². The number of carbonyl (C=O) groups excluding carboxylic acids is 1. The highest BCUT2D eigenvalue weighted by molar-refractivity contribution is 5.68. The lowest BCUT2D eigenvalue weighted by Gasteiger charge is -2.36. The molecule has 1 fully saturated rings. The van der Waals surface area contributed by atoms with E-state index in [-0.39, 0.29) is 37.5 Å². The fourth-order valence-electron chi connectivity index (χ4n) is 5.15. The minimum absolute atomic E-state index is 0.0623. The Bertz CT molecular complexity index is 1020. The van der Waals surface area contributed by atoms with Gasteiger partial charge in [0.05, 0.1) is 19.3 Å². The lowest BCUT2D eigenvalue weighted by molar-refractivity contribution is 0.00178. The number of halogens is 3. The molecule has 1 aliphatic rings. The first-order chi connectivity index (χ1) is 19.4. The lowest BCUT2D eigenvalue weighted by Crippen LogP contribution is -2.43. The second-order valence-electron chi connectivity index (χ2n) is 10.4. The Balaban J connectivity index is 1.48. The molecular formula is C31H43F3N2O4. The predicted molar refractivity (Wildman–Crippen MR) is 148 cm³/mol. The molecule has 2 aromatic rings. The molecule has 0 atom stereocenters. The summed E-state index contributed by atoms with van der Waals surface area (Å²) in [5, 5.41) is 9.08. The van der Waals surface area contributed by atoms with Crippen LogP contribution in [-0.2, 0) is 22.6 Å². The number of aliphatic hydroxyl groups is 1. The largest absolute Gasteiger partial charge is 0.445 e. The Labute approximate surface area is 236 Å². The van der Waals surface area contributed by atoms with E-state index in [2.05, 4.69) is 11.8 Å². The van der Waals surface area contributed by atoms with Crippen molar-refractivity contribution in [2.45, 2.75) is 83.6 Å². The maximum Gasteiger partial charge on any atom is 0.410 e. The van der Waals surface area contributed by atoms with Gasteiger partial charge in [-0.1, -0.05) is 50.1 Å². The molecule has 9 heteroatoms. The van der Waals surface area contributed by atoms with Gasteiger partial charge in [-0.2, -0.15) is 0 Å². The number of rotatable bonds is 16. The summed E-state index contributed by atoms with van der Waals surface area (Å²) in [6.45, 7) is 5.51. The number of nitrogens with zero attached hydrogens (tertiary/aromatic N) is 2. The second-order valence-corrected chi connectivity index (χ2v) is 10.4. The molecule has 0 aromatic heterocycles. The number of hydrogen-bond donors (Lipinski definition) is 1. The topological polar surface area (TPSA) is 62.2 Å². The monoisotopic (exact) mass is 564 g/mol. The summed E-state index contributed by atoms with van der Waals surface area (Å²) in [4.78, 5) is 16.8. The van der Waals surface area contributed by atoms with Crippen LogP contribution in [0.5, 0.6) is 0 Å². The van der Waals surface area contributed by atoms with Crippen molar-refractivity contribution in [2.24, 2.45) is 0 Å². The molecule has 1 saturated carbocycles. The minimum Gasteiger partial charge on any atom is -0.445 e. The van der Waals surface area contributed by atoms with Gasteiger partial charge in [-0.05, 0) is 63.2 Å². The van der Waals surface area contributed by atoms with Gasteiger partial charge in [0.2, 0.25) is 0 Å². The van der Waals surface area contributed by atoms with Crippen LogP contribution < -0.4 is 0 Å². The van der Waals surface area contributed by atoms with Crippen LogP contribution in [-0.4, -0.2) is 66.0 Å². The standard InChI is InChI=1S/C31H43F3N2O4/c1-2-35(17-18-37)16-8-3-4-9-19-39-27-14-12-26(13-15-27)36(22-25-20-29(33)30(34)21-28(25)32)31(38)40-23-24-10-6-5-7-11-24/h5-7,10-11,20-21,26-27,37H,2-4,8-9,12-19,22-23H2,1H3/t26-,27-. The molecule has 2 aromatic carbocycles. The molecule has 3 rings (SSSR count). The van der Waals surface area contributed by atoms with Crippen LogP contribution in [0.25, 0.3) is 0 Å². The summed E-state index contributed by atoms with van der Waals surface area (Å²) < 4.78 is 53.4. The molecule has 0 radical (unpaired) electrons. The number of ether oxygens (including phenoxy) is 2. The average molecular weight is 565 g/mol. The minimum atomic E-state index is -1.26. The Hall–Kier alpha value is -2.62. The number of hydrogen-bond acceptors (Lipinski definition) is 5. The molecule has 1 aliphatic carbocycles. The fourth-order valence-corrected chi connectivity index (χ4v) is 5.15. The van der Waals surface area contributed by atoms with Crippen molar-refractivity contribution in [3.63, 3.8) is 0 Å². The Morgan fingerprint density at radius 1 is 0.925 bits per heavy atom. The van der Waals surface area contributed by atoms with Crippen molar-refractivity contribution in [1.29, 1.82) is 0 Å². The molecule has 1 amide bonds. The molecule has 222 valence electrons. The van der Waals surface area contributed by atoms with Crippen LogP contribution in [0.1, 0.15) is 69.4 Å². The van der Waals surface area contributed by atoms with Gasteiger partial charge < -0.3 is 24.4 Å². The van der Waals surface area contributed by atoms with Gasteiger partial charge in [0.15, 0.2) is 11.6 Å². The third kappa shape index (κ3) is 10.4. The van der Waals surface area contributed by atoms with Crippen molar-refractivity contribution < 1.29 is 32.5 Å². The number of amides is 1. The van der Waals surface area contributed by atoms with E-state index in [1.54, 1.807) is 0 Å². The van der Waals surface area contributed by atoms with E-state index in [0.717, 1.165) is 69.8 Å². The third-order valence-corrected chi connectivity index (χ3v) is 7.54. The van der Waals surface area contributed by atoms with Gasteiger partial charge in [0.1, 0.15) is 12.4 Å². The Kier molecular flexibility index (Phi) is 13.8. The van der Waals surface area contributed by atoms with Crippen molar-refractivity contribution >= 4 is 6.09 Å². The highest BCUT2D eigenvalue weighted by atomic mass is 19.2. The van der Waals surface area contributed by atoms with Gasteiger partial charge in [-0.15, -0.1) is 0 Å². The van der Waals surface area contributed by atoms with Crippen LogP contribution in [0.2, 0.25) is 0 Å². The summed E-state index contributed by atoms with van der Waals surface area (Å²) in [5.74, 6) is -3.31. The number of unbranched alkanes of at least 4 members (excludes halogenated alkanes) is 3. The lowest BCUT2D eigenvalue weighted by atomic mass is 9.91. The van der Waals surface area contributed by atoms with Crippen molar-refractivity contribution in [3.8, 4) is 0 Å². The van der Waals surface area contributed by atoms with Crippen LogP contribution >= 0.6 is 0 Å². The summed E-state index contributed by atoms with van der Waals surface area (Å²) in [6, 6.07) is 10.3. The zero-order valence-corrected chi connectivity index (χ0v) is 23.5. The fraction of sp³-hybridized carbons (Fsp3) is 0.581. The Morgan fingerprint density at radius 3 is 2.33 bits per heavy atom. The zero-order chi connectivity index (χ0) is 28.7. The van der Waals surface area contributed by atoms with Gasteiger partial charge in [-0.3, -0.25) is 0 Å². The molecule has 6 nitrogen and oxygen atoms in total. The van der Waals surface area contributed by atoms with Crippen LogP contribution in [0, 0.1) is 17.5 Å². The van der Waals surface area contributed by atoms with E-state index in [1.165, 1.54) is 4.90 Å². The van der Waals surface area contributed by atoms with Crippen molar-refractivity contribution in [3.05, 3.63) is 71.0 Å². The van der Waals surface area contributed by atoms with Crippen molar-refractivity contribution in [1.82, 2.24) is 9.80 Å².